The van der Waals surface area contributed by atoms with Gasteiger partial charge in [0.2, 0.25) is 5.91 Å². The number of rotatable bonds is 5. The van der Waals surface area contributed by atoms with E-state index in [9.17, 15) is 9.59 Å². The average Bonchev–Trinajstić information content (AvgIpc) is 2.64. The number of primary amides is 1. The Balaban J connectivity index is 1.89. The van der Waals surface area contributed by atoms with Gasteiger partial charge in [0.05, 0.1) is 0 Å². The largest absolute Gasteiger partial charge is 0.398 e. The minimum atomic E-state index is -0.552. The van der Waals surface area contributed by atoms with Crippen molar-refractivity contribution in [1.29, 1.82) is 0 Å². The van der Waals surface area contributed by atoms with Gasteiger partial charge >= 0.3 is 0 Å². The Morgan fingerprint density at radius 3 is 2.46 bits per heavy atom. The molecule has 2 amide bonds. The molecule has 0 saturated carbocycles. The highest BCUT2D eigenvalue weighted by molar-refractivity contribution is 6.06. The van der Waals surface area contributed by atoms with Crippen LogP contribution in [-0.4, -0.2) is 16.8 Å². The fraction of sp³-hybridized carbons (Fsp3) is 0.0500. The summed E-state index contributed by atoms with van der Waals surface area (Å²) in [5.41, 5.74) is 15.0. The quantitative estimate of drug-likeness (QED) is 0.617. The van der Waals surface area contributed by atoms with Crippen molar-refractivity contribution in [1.82, 2.24) is 4.98 Å². The second-order valence-electron chi connectivity index (χ2n) is 5.80. The number of nitrogen functional groups attached to an aromatic ring is 1. The lowest BCUT2D eigenvalue weighted by molar-refractivity contribution is 0.0996. The van der Waals surface area contributed by atoms with Crippen molar-refractivity contribution < 1.29 is 9.59 Å². The predicted octanol–water partition coefficient (Wildman–Crippen LogP) is 2.61. The van der Waals surface area contributed by atoms with Crippen LogP contribution in [0.4, 0.5) is 11.4 Å². The normalized spacial score (nSPS) is 10.3. The third kappa shape index (κ3) is 3.87. The minimum Gasteiger partial charge on any atom is -0.398 e. The van der Waals surface area contributed by atoms with E-state index < -0.39 is 5.91 Å². The molecule has 0 radical (unpaired) electrons. The van der Waals surface area contributed by atoms with Crippen molar-refractivity contribution in [3.8, 4) is 0 Å². The zero-order valence-corrected chi connectivity index (χ0v) is 14.0. The summed E-state index contributed by atoms with van der Waals surface area (Å²) in [6.07, 6.45) is 3.91. The van der Waals surface area contributed by atoms with Gasteiger partial charge < -0.3 is 16.8 Å². The van der Waals surface area contributed by atoms with Crippen LogP contribution in [0.2, 0.25) is 0 Å². The summed E-state index contributed by atoms with van der Waals surface area (Å²) in [5.74, 6) is -0.855. The molecule has 1 heterocycles. The van der Waals surface area contributed by atoms with Gasteiger partial charge in [-0.15, -0.1) is 0 Å². The molecular formula is C20H18N4O2. The van der Waals surface area contributed by atoms with Crippen molar-refractivity contribution in [3.05, 3.63) is 89.2 Å². The maximum absolute atomic E-state index is 12.8. The molecule has 5 N–H and O–H groups in total. The lowest BCUT2D eigenvalue weighted by atomic mass is 9.98. The van der Waals surface area contributed by atoms with E-state index in [0.717, 1.165) is 11.1 Å². The fourth-order valence-corrected chi connectivity index (χ4v) is 2.67. The Morgan fingerprint density at radius 2 is 1.73 bits per heavy atom. The van der Waals surface area contributed by atoms with Gasteiger partial charge in [0, 0.05) is 41.3 Å². The molecule has 130 valence electrons. The van der Waals surface area contributed by atoms with Crippen molar-refractivity contribution in [2.75, 3.05) is 11.1 Å². The van der Waals surface area contributed by atoms with Gasteiger partial charge in [-0.1, -0.05) is 12.1 Å². The molecule has 6 nitrogen and oxygen atoms in total. The Morgan fingerprint density at radius 1 is 1.00 bits per heavy atom. The van der Waals surface area contributed by atoms with Crippen LogP contribution in [0.1, 0.15) is 31.8 Å². The third-order valence-corrected chi connectivity index (χ3v) is 3.99. The highest BCUT2D eigenvalue weighted by Gasteiger charge is 2.15. The van der Waals surface area contributed by atoms with E-state index in [1.54, 1.807) is 48.8 Å². The van der Waals surface area contributed by atoms with E-state index in [4.69, 9.17) is 11.5 Å². The Bertz CT molecular complexity index is 955. The van der Waals surface area contributed by atoms with Gasteiger partial charge in [-0.25, -0.2) is 0 Å². The molecule has 1 aromatic heterocycles. The van der Waals surface area contributed by atoms with Gasteiger partial charge in [0.25, 0.3) is 5.91 Å². The molecule has 0 aliphatic carbocycles. The zero-order valence-electron chi connectivity index (χ0n) is 14.0. The smallest absolute Gasteiger partial charge is 0.256 e. The van der Waals surface area contributed by atoms with E-state index in [1.807, 2.05) is 12.1 Å². The first-order valence-corrected chi connectivity index (χ1v) is 8.02. The number of nitrogens with two attached hydrogens (primary N) is 2. The number of carbonyl (C=O) groups is 2. The van der Waals surface area contributed by atoms with Gasteiger partial charge in [-0.2, -0.15) is 0 Å². The lowest BCUT2D eigenvalue weighted by Gasteiger charge is -2.13. The monoisotopic (exact) mass is 346 g/mol. The van der Waals surface area contributed by atoms with E-state index in [1.165, 1.54) is 6.07 Å². The SMILES string of the molecule is NC(=O)c1cccc(NC(=O)c2cccc(N)c2Cc2ccncc2)c1. The number of carbonyl (C=O) groups excluding carboxylic acids is 2. The molecule has 0 bridgehead atoms. The molecule has 0 saturated heterocycles. The average molecular weight is 346 g/mol. The van der Waals surface area contributed by atoms with Crippen molar-refractivity contribution in [3.63, 3.8) is 0 Å². The number of benzene rings is 2. The second kappa shape index (κ2) is 7.48. The molecule has 3 aromatic rings. The molecule has 0 unspecified atom stereocenters. The molecule has 3 rings (SSSR count). The van der Waals surface area contributed by atoms with Gasteiger partial charge in [0.1, 0.15) is 0 Å². The Hall–Kier alpha value is -3.67. The first-order chi connectivity index (χ1) is 12.5. The molecule has 0 aliphatic heterocycles. The van der Waals surface area contributed by atoms with Crippen LogP contribution in [-0.2, 0) is 6.42 Å². The zero-order chi connectivity index (χ0) is 18.5. The van der Waals surface area contributed by atoms with Crippen LogP contribution >= 0.6 is 0 Å². The Labute approximate surface area is 150 Å². The van der Waals surface area contributed by atoms with Crippen LogP contribution < -0.4 is 16.8 Å². The number of aromatic nitrogens is 1. The molecule has 0 atom stereocenters. The van der Waals surface area contributed by atoms with Crippen molar-refractivity contribution in [2.45, 2.75) is 6.42 Å². The highest BCUT2D eigenvalue weighted by Crippen LogP contribution is 2.22. The lowest BCUT2D eigenvalue weighted by Crippen LogP contribution is -2.17. The van der Waals surface area contributed by atoms with Crippen LogP contribution in [0, 0.1) is 0 Å². The maximum atomic E-state index is 12.8. The summed E-state index contributed by atoms with van der Waals surface area (Å²) >= 11 is 0. The molecule has 6 heteroatoms. The van der Waals surface area contributed by atoms with E-state index in [0.29, 0.717) is 28.9 Å². The molecule has 26 heavy (non-hydrogen) atoms. The molecular weight excluding hydrogens is 328 g/mol. The molecule has 0 spiro atoms. The summed E-state index contributed by atoms with van der Waals surface area (Å²) in [7, 11) is 0. The fourth-order valence-electron chi connectivity index (χ4n) is 2.67. The summed E-state index contributed by atoms with van der Waals surface area (Å²) < 4.78 is 0. The van der Waals surface area contributed by atoms with Gasteiger partial charge in [-0.3, -0.25) is 14.6 Å². The third-order valence-electron chi connectivity index (χ3n) is 3.99. The van der Waals surface area contributed by atoms with Gasteiger partial charge in [-0.05, 0) is 53.6 Å². The number of nitrogens with one attached hydrogen (secondary N) is 1. The van der Waals surface area contributed by atoms with Crippen LogP contribution in [0.15, 0.2) is 67.0 Å². The minimum absolute atomic E-state index is 0.303. The highest BCUT2D eigenvalue weighted by atomic mass is 16.2. The summed E-state index contributed by atoms with van der Waals surface area (Å²) in [5, 5.41) is 2.79. The van der Waals surface area contributed by atoms with Crippen LogP contribution in [0.3, 0.4) is 0 Å². The second-order valence-corrected chi connectivity index (χ2v) is 5.80. The van der Waals surface area contributed by atoms with Crippen molar-refractivity contribution in [2.24, 2.45) is 5.73 Å². The first kappa shape index (κ1) is 17.2. The van der Waals surface area contributed by atoms with Gasteiger partial charge in [0.15, 0.2) is 0 Å². The van der Waals surface area contributed by atoms with E-state index >= 15 is 0 Å². The number of amides is 2. The number of anilines is 2. The van der Waals surface area contributed by atoms with Crippen LogP contribution in [0.25, 0.3) is 0 Å². The summed E-state index contributed by atoms with van der Waals surface area (Å²) in [4.78, 5) is 28.1. The molecule has 2 aromatic carbocycles. The number of hydrogen-bond acceptors (Lipinski definition) is 4. The maximum Gasteiger partial charge on any atom is 0.256 e. The topological polar surface area (TPSA) is 111 Å². The number of pyridine rings is 1. The van der Waals surface area contributed by atoms with E-state index in [2.05, 4.69) is 10.3 Å². The first-order valence-electron chi connectivity index (χ1n) is 8.02. The van der Waals surface area contributed by atoms with Crippen molar-refractivity contribution >= 4 is 23.2 Å². The standard InChI is InChI=1S/C20H18N4O2/c21-18-6-2-5-16(17(18)11-13-7-9-23-10-8-13)20(26)24-15-4-1-3-14(12-15)19(22)25/h1-10,12H,11,21H2,(H2,22,25)(H,24,26). The molecule has 0 aliphatic rings. The summed E-state index contributed by atoms with van der Waals surface area (Å²) in [6, 6.07) is 15.5. The molecule has 0 fully saturated rings. The number of nitrogens with zero attached hydrogens (tertiary/aromatic N) is 1. The van der Waals surface area contributed by atoms with E-state index in [-0.39, 0.29) is 5.91 Å². The summed E-state index contributed by atoms with van der Waals surface area (Å²) in [6.45, 7) is 0. The van der Waals surface area contributed by atoms with Crippen LogP contribution in [0.5, 0.6) is 0 Å². The number of hydrogen-bond donors (Lipinski definition) is 3. The Kier molecular flexibility index (Phi) is 4.94. The predicted molar refractivity (Wildman–Crippen MR) is 101 cm³/mol.